The van der Waals surface area contributed by atoms with Crippen LogP contribution in [0, 0.1) is 11.6 Å². The molecule has 2 aromatic carbocycles. The Kier molecular flexibility index (Phi) is 3.88. The van der Waals surface area contributed by atoms with Gasteiger partial charge in [0.15, 0.2) is 0 Å². The summed E-state index contributed by atoms with van der Waals surface area (Å²) in [6.45, 7) is 0.655. The third kappa shape index (κ3) is 3.22. The first-order valence-corrected chi connectivity index (χ1v) is 7.03. The lowest BCUT2D eigenvalue weighted by atomic mass is 10.0. The van der Waals surface area contributed by atoms with Crippen molar-refractivity contribution >= 4 is 0 Å². The molecule has 0 spiro atoms. The van der Waals surface area contributed by atoms with Gasteiger partial charge >= 0.3 is 0 Å². The van der Waals surface area contributed by atoms with Crippen LogP contribution in [0.2, 0.25) is 0 Å². The Labute approximate surface area is 122 Å². The maximum absolute atomic E-state index is 14.3. The molecule has 0 amide bonds. The van der Waals surface area contributed by atoms with Crippen molar-refractivity contribution in [2.75, 3.05) is 7.11 Å². The molecule has 3 rings (SSSR count). The number of hydrogen-bond acceptors (Lipinski definition) is 2. The van der Waals surface area contributed by atoms with E-state index in [2.05, 4.69) is 5.32 Å². The molecule has 4 heteroatoms. The normalized spacial score (nSPS) is 14.2. The quantitative estimate of drug-likeness (QED) is 0.901. The first-order valence-electron chi connectivity index (χ1n) is 7.03. The second kappa shape index (κ2) is 5.82. The summed E-state index contributed by atoms with van der Waals surface area (Å²) in [5.41, 5.74) is 1.66. The fourth-order valence-corrected chi connectivity index (χ4v) is 2.33. The predicted molar refractivity (Wildman–Crippen MR) is 78.2 cm³/mol. The summed E-state index contributed by atoms with van der Waals surface area (Å²) in [5, 5.41) is 3.34. The van der Waals surface area contributed by atoms with Gasteiger partial charge in [-0.05, 0) is 42.7 Å². The second-order valence-corrected chi connectivity index (χ2v) is 5.31. The topological polar surface area (TPSA) is 21.3 Å². The second-order valence-electron chi connectivity index (χ2n) is 5.31. The van der Waals surface area contributed by atoms with Crippen LogP contribution in [0.15, 0.2) is 36.4 Å². The first-order chi connectivity index (χ1) is 10.2. The number of benzene rings is 2. The molecule has 0 saturated heterocycles. The molecular weight excluding hydrogens is 272 g/mol. The molecule has 2 nitrogen and oxygen atoms in total. The zero-order valence-corrected chi connectivity index (χ0v) is 11.8. The Morgan fingerprint density at radius 3 is 2.57 bits per heavy atom. The van der Waals surface area contributed by atoms with E-state index in [0.717, 1.165) is 5.56 Å². The third-order valence-electron chi connectivity index (χ3n) is 3.66. The lowest BCUT2D eigenvalue weighted by Crippen LogP contribution is -2.15. The molecule has 110 valence electrons. The molecule has 1 fully saturated rings. The minimum Gasteiger partial charge on any atom is -0.496 e. The SMILES string of the molecule is COc1ccc(F)cc1-c1ccc(CNC2CC2)cc1F. The van der Waals surface area contributed by atoms with Crippen LogP contribution >= 0.6 is 0 Å². The lowest BCUT2D eigenvalue weighted by molar-refractivity contribution is 0.415. The fourth-order valence-electron chi connectivity index (χ4n) is 2.33. The number of nitrogens with one attached hydrogen (secondary N) is 1. The zero-order valence-electron chi connectivity index (χ0n) is 11.8. The van der Waals surface area contributed by atoms with Crippen molar-refractivity contribution in [1.82, 2.24) is 5.32 Å². The van der Waals surface area contributed by atoms with Crippen LogP contribution in [0.1, 0.15) is 18.4 Å². The van der Waals surface area contributed by atoms with Crippen LogP contribution in [0.3, 0.4) is 0 Å². The van der Waals surface area contributed by atoms with E-state index in [1.807, 2.05) is 6.07 Å². The van der Waals surface area contributed by atoms with Gasteiger partial charge in [0.25, 0.3) is 0 Å². The van der Waals surface area contributed by atoms with Gasteiger partial charge in [0.05, 0.1) is 7.11 Å². The third-order valence-corrected chi connectivity index (χ3v) is 3.66. The van der Waals surface area contributed by atoms with Crippen LogP contribution in [-0.2, 0) is 6.54 Å². The van der Waals surface area contributed by atoms with Gasteiger partial charge in [0, 0.05) is 23.7 Å². The monoisotopic (exact) mass is 289 g/mol. The van der Waals surface area contributed by atoms with Crippen LogP contribution in [0.5, 0.6) is 5.75 Å². The standard InChI is InChI=1S/C17H17F2NO/c1-21-17-7-3-12(18)9-15(17)14-6-2-11(8-16(14)19)10-20-13-4-5-13/h2-3,6-9,13,20H,4-5,10H2,1H3. The Morgan fingerprint density at radius 2 is 1.90 bits per heavy atom. The summed E-state index contributed by atoms with van der Waals surface area (Å²) >= 11 is 0. The van der Waals surface area contributed by atoms with Crippen molar-refractivity contribution in [1.29, 1.82) is 0 Å². The summed E-state index contributed by atoms with van der Waals surface area (Å²) in [7, 11) is 1.49. The van der Waals surface area contributed by atoms with Crippen LogP contribution < -0.4 is 10.1 Å². The van der Waals surface area contributed by atoms with E-state index in [1.165, 1.54) is 44.2 Å². The van der Waals surface area contributed by atoms with E-state index >= 15 is 0 Å². The van der Waals surface area contributed by atoms with Gasteiger partial charge in [-0.25, -0.2) is 8.78 Å². The van der Waals surface area contributed by atoms with E-state index in [1.54, 1.807) is 6.07 Å². The lowest BCUT2D eigenvalue weighted by Gasteiger charge is -2.11. The molecule has 21 heavy (non-hydrogen) atoms. The number of ether oxygens (including phenoxy) is 1. The van der Waals surface area contributed by atoms with E-state index in [4.69, 9.17) is 4.74 Å². The van der Waals surface area contributed by atoms with Crippen molar-refractivity contribution in [2.24, 2.45) is 0 Å². The molecule has 0 unspecified atom stereocenters. The largest absolute Gasteiger partial charge is 0.496 e. The Bertz CT molecular complexity index is 653. The van der Waals surface area contributed by atoms with E-state index < -0.39 is 5.82 Å². The Hall–Kier alpha value is -1.94. The van der Waals surface area contributed by atoms with Crippen molar-refractivity contribution in [3.05, 3.63) is 53.6 Å². The Morgan fingerprint density at radius 1 is 1.10 bits per heavy atom. The van der Waals surface area contributed by atoms with Crippen LogP contribution in [0.4, 0.5) is 8.78 Å². The summed E-state index contributed by atoms with van der Waals surface area (Å²) in [6.07, 6.45) is 2.39. The van der Waals surface area contributed by atoms with Gasteiger partial charge in [-0.2, -0.15) is 0 Å². The minimum atomic E-state index is -0.412. The number of hydrogen-bond donors (Lipinski definition) is 1. The molecular formula is C17H17F2NO. The Balaban J connectivity index is 1.89. The highest BCUT2D eigenvalue weighted by Gasteiger charge is 2.20. The average molecular weight is 289 g/mol. The smallest absolute Gasteiger partial charge is 0.131 e. The van der Waals surface area contributed by atoms with Crippen LogP contribution in [-0.4, -0.2) is 13.2 Å². The van der Waals surface area contributed by atoms with Gasteiger partial charge < -0.3 is 10.1 Å². The summed E-state index contributed by atoms with van der Waals surface area (Å²) in [5.74, 6) is -0.321. The molecule has 1 saturated carbocycles. The minimum absolute atomic E-state index is 0.349. The molecule has 0 bridgehead atoms. The molecule has 0 heterocycles. The summed E-state index contributed by atoms with van der Waals surface area (Å²) < 4.78 is 32.9. The zero-order chi connectivity index (χ0) is 14.8. The van der Waals surface area contributed by atoms with E-state index in [0.29, 0.717) is 29.5 Å². The van der Waals surface area contributed by atoms with Gasteiger partial charge in [0.2, 0.25) is 0 Å². The summed E-state index contributed by atoms with van der Waals surface area (Å²) in [4.78, 5) is 0. The number of rotatable bonds is 5. The molecule has 0 aliphatic heterocycles. The molecule has 0 aromatic heterocycles. The predicted octanol–water partition coefficient (Wildman–Crippen LogP) is 3.89. The molecule has 0 atom stereocenters. The van der Waals surface area contributed by atoms with Gasteiger partial charge in [-0.3, -0.25) is 0 Å². The maximum Gasteiger partial charge on any atom is 0.131 e. The molecule has 0 radical (unpaired) electrons. The van der Waals surface area contributed by atoms with Gasteiger partial charge in [-0.1, -0.05) is 12.1 Å². The number of methoxy groups -OCH3 is 1. The van der Waals surface area contributed by atoms with Gasteiger partial charge in [-0.15, -0.1) is 0 Å². The van der Waals surface area contributed by atoms with Crippen molar-refractivity contribution < 1.29 is 13.5 Å². The fraction of sp³-hybridized carbons (Fsp3) is 0.294. The molecule has 1 aliphatic carbocycles. The maximum atomic E-state index is 14.3. The van der Waals surface area contributed by atoms with Crippen molar-refractivity contribution in [2.45, 2.75) is 25.4 Å². The molecule has 2 aromatic rings. The highest BCUT2D eigenvalue weighted by Crippen LogP contribution is 2.33. The van der Waals surface area contributed by atoms with E-state index in [-0.39, 0.29) is 5.82 Å². The van der Waals surface area contributed by atoms with Crippen LogP contribution in [0.25, 0.3) is 11.1 Å². The van der Waals surface area contributed by atoms with Gasteiger partial charge in [0.1, 0.15) is 17.4 Å². The molecule has 1 aliphatic rings. The summed E-state index contributed by atoms with van der Waals surface area (Å²) in [6, 6.07) is 9.71. The number of halogens is 2. The molecule has 1 N–H and O–H groups in total. The highest BCUT2D eigenvalue weighted by molar-refractivity contribution is 5.71. The van der Waals surface area contributed by atoms with Crippen molar-refractivity contribution in [3.8, 4) is 16.9 Å². The van der Waals surface area contributed by atoms with Crippen molar-refractivity contribution in [3.63, 3.8) is 0 Å². The first kappa shape index (κ1) is 14.0. The highest BCUT2D eigenvalue weighted by atomic mass is 19.1. The van der Waals surface area contributed by atoms with E-state index in [9.17, 15) is 8.78 Å². The average Bonchev–Trinajstić information content (AvgIpc) is 3.29.